The lowest BCUT2D eigenvalue weighted by atomic mass is 10.0. The summed E-state index contributed by atoms with van der Waals surface area (Å²) in [5, 5.41) is 7.82. The average molecular weight is 606 g/mol. The summed E-state index contributed by atoms with van der Waals surface area (Å²) in [7, 11) is 2.21. The molecule has 1 aromatic rings. The van der Waals surface area contributed by atoms with Gasteiger partial charge in [-0.3, -0.25) is 0 Å². The molecule has 244 valence electrons. The molecule has 1 saturated heterocycles. The Kier molecular flexibility index (Phi) is 23.2. The van der Waals surface area contributed by atoms with E-state index in [1.54, 1.807) is 11.8 Å². The predicted octanol–water partition coefficient (Wildman–Crippen LogP) is 8.88. The fraction of sp³-hybridized carbons (Fsp3) is 0.912. The smallest absolute Gasteiger partial charge is 0.228 e. The third-order valence-electron chi connectivity index (χ3n) is 8.44. The van der Waals surface area contributed by atoms with Crippen molar-refractivity contribution < 1.29 is 0 Å². The molecule has 42 heavy (non-hydrogen) atoms. The van der Waals surface area contributed by atoms with E-state index in [0.717, 1.165) is 48.9 Å². The van der Waals surface area contributed by atoms with Crippen LogP contribution in [-0.4, -0.2) is 83.4 Å². The summed E-state index contributed by atoms with van der Waals surface area (Å²) in [5.74, 6) is 2.53. The van der Waals surface area contributed by atoms with Gasteiger partial charge < -0.3 is 20.4 Å². The first-order valence-corrected chi connectivity index (χ1v) is 19.0. The minimum Gasteiger partial charge on any atom is -0.354 e. The van der Waals surface area contributed by atoms with Gasteiger partial charge in [-0.15, -0.1) is 0 Å². The van der Waals surface area contributed by atoms with Crippen LogP contribution in [0.5, 0.6) is 0 Å². The molecular weight excluding hydrogens is 538 g/mol. The lowest BCUT2D eigenvalue weighted by molar-refractivity contribution is 0.154. The molecule has 0 aliphatic carbocycles. The molecule has 2 heterocycles. The van der Waals surface area contributed by atoms with Gasteiger partial charge in [0.25, 0.3) is 0 Å². The molecule has 0 bridgehead atoms. The highest BCUT2D eigenvalue weighted by molar-refractivity contribution is 7.99. The monoisotopic (exact) mass is 606 g/mol. The van der Waals surface area contributed by atoms with E-state index in [9.17, 15) is 0 Å². The Balaban J connectivity index is 1.62. The van der Waals surface area contributed by atoms with Gasteiger partial charge in [0.1, 0.15) is 0 Å². The predicted molar refractivity (Wildman–Crippen MR) is 185 cm³/mol. The summed E-state index contributed by atoms with van der Waals surface area (Å²) in [4.78, 5) is 19.2. The highest BCUT2D eigenvalue weighted by Crippen LogP contribution is 2.20. The van der Waals surface area contributed by atoms with Crippen LogP contribution in [0.1, 0.15) is 142 Å². The Morgan fingerprint density at radius 2 is 1.00 bits per heavy atom. The van der Waals surface area contributed by atoms with Crippen molar-refractivity contribution in [2.45, 2.75) is 147 Å². The Morgan fingerprint density at radius 1 is 0.548 bits per heavy atom. The van der Waals surface area contributed by atoms with Gasteiger partial charge in [0.15, 0.2) is 5.16 Å². The molecule has 0 radical (unpaired) electrons. The number of likely N-dealkylation sites (N-methyl/N-ethyl adjacent to an activating group) is 1. The lowest BCUT2D eigenvalue weighted by Crippen LogP contribution is -2.44. The average Bonchev–Trinajstić information content (AvgIpc) is 3.00. The second-order valence-corrected chi connectivity index (χ2v) is 13.5. The van der Waals surface area contributed by atoms with Gasteiger partial charge in [-0.25, -0.2) is 0 Å². The second kappa shape index (κ2) is 26.3. The molecule has 1 aliphatic rings. The number of rotatable bonds is 28. The van der Waals surface area contributed by atoms with Crippen LogP contribution in [0, 0.1) is 0 Å². The van der Waals surface area contributed by atoms with Crippen LogP contribution >= 0.6 is 11.8 Å². The summed E-state index contributed by atoms with van der Waals surface area (Å²) in [6.45, 7) is 12.2. The Labute approximate surface area is 264 Å². The Hall–Kier alpha value is -1.12. The summed E-state index contributed by atoms with van der Waals surface area (Å²) in [6.07, 6.45) is 27.0. The summed E-state index contributed by atoms with van der Waals surface area (Å²) in [6, 6.07) is 0. The number of aromatic nitrogens is 3. The molecule has 2 rings (SSSR count). The third kappa shape index (κ3) is 20.0. The van der Waals surface area contributed by atoms with Crippen LogP contribution in [0.15, 0.2) is 5.16 Å². The second-order valence-electron chi connectivity index (χ2n) is 12.5. The number of thioether (sulfide) groups is 1. The van der Waals surface area contributed by atoms with Crippen molar-refractivity contribution in [3.8, 4) is 0 Å². The van der Waals surface area contributed by atoms with Crippen LogP contribution in [0.2, 0.25) is 0 Å². The van der Waals surface area contributed by atoms with Gasteiger partial charge in [0.05, 0.1) is 0 Å². The van der Waals surface area contributed by atoms with E-state index in [2.05, 4.69) is 41.3 Å². The van der Waals surface area contributed by atoms with Crippen LogP contribution in [0.4, 0.5) is 11.9 Å². The molecule has 1 fully saturated rings. The van der Waals surface area contributed by atoms with E-state index in [1.165, 1.54) is 148 Å². The van der Waals surface area contributed by atoms with Gasteiger partial charge in [-0.05, 0) is 32.9 Å². The standard InChI is InChI=1S/C34H67N7S/c1-4-6-8-10-11-12-13-14-15-16-17-18-20-22-31-42-34-38-32(35-24-21-19-9-7-5-2)37-33(39-34)36-25-23-26-41-29-27-40(3)28-30-41/h4-31H2,1-3H3,(H2,35,36,37,38,39). The van der Waals surface area contributed by atoms with E-state index in [1.807, 2.05) is 0 Å². The molecule has 0 spiro atoms. The maximum atomic E-state index is 4.77. The van der Waals surface area contributed by atoms with Crippen molar-refractivity contribution in [3.05, 3.63) is 0 Å². The topological polar surface area (TPSA) is 69.2 Å². The van der Waals surface area contributed by atoms with E-state index in [-0.39, 0.29) is 0 Å². The zero-order chi connectivity index (χ0) is 29.9. The van der Waals surface area contributed by atoms with Crippen molar-refractivity contribution in [2.24, 2.45) is 0 Å². The van der Waals surface area contributed by atoms with Crippen molar-refractivity contribution >= 4 is 23.7 Å². The number of unbranched alkanes of at least 4 members (excludes halogenated alkanes) is 17. The summed E-state index contributed by atoms with van der Waals surface area (Å²) >= 11 is 1.79. The van der Waals surface area contributed by atoms with Gasteiger partial charge in [0, 0.05) is 45.0 Å². The first-order valence-electron chi connectivity index (χ1n) is 18.0. The molecule has 0 unspecified atom stereocenters. The van der Waals surface area contributed by atoms with Crippen LogP contribution in [0.3, 0.4) is 0 Å². The third-order valence-corrected chi connectivity index (χ3v) is 9.37. The first kappa shape index (κ1) is 37.1. The lowest BCUT2D eigenvalue weighted by Gasteiger charge is -2.32. The minimum atomic E-state index is 0.723. The van der Waals surface area contributed by atoms with Gasteiger partial charge in [0.2, 0.25) is 11.9 Å². The number of anilines is 2. The largest absolute Gasteiger partial charge is 0.354 e. The van der Waals surface area contributed by atoms with Crippen LogP contribution in [-0.2, 0) is 0 Å². The fourth-order valence-electron chi connectivity index (χ4n) is 5.54. The Bertz CT molecular complexity index is 743. The van der Waals surface area contributed by atoms with Gasteiger partial charge >= 0.3 is 0 Å². The zero-order valence-corrected chi connectivity index (χ0v) is 28.8. The molecule has 0 amide bonds. The van der Waals surface area contributed by atoms with Crippen molar-refractivity contribution in [1.82, 2.24) is 24.8 Å². The SMILES string of the molecule is CCCCCCCCCCCCCCCCSc1nc(NCCCCCCC)nc(NCCCN2CCN(C)CC2)n1. The molecule has 0 atom stereocenters. The number of piperazine rings is 1. The minimum absolute atomic E-state index is 0.723. The zero-order valence-electron chi connectivity index (χ0n) is 27.9. The maximum absolute atomic E-state index is 4.77. The van der Waals surface area contributed by atoms with Crippen LogP contribution < -0.4 is 10.6 Å². The number of hydrogen-bond acceptors (Lipinski definition) is 8. The molecule has 1 aliphatic heterocycles. The van der Waals surface area contributed by atoms with E-state index in [4.69, 9.17) is 15.0 Å². The van der Waals surface area contributed by atoms with Crippen molar-refractivity contribution in [2.75, 3.05) is 69.2 Å². The van der Waals surface area contributed by atoms with Crippen molar-refractivity contribution in [1.29, 1.82) is 0 Å². The van der Waals surface area contributed by atoms with E-state index in [0.29, 0.717) is 0 Å². The number of hydrogen-bond donors (Lipinski definition) is 2. The highest BCUT2D eigenvalue weighted by atomic mass is 32.2. The Morgan fingerprint density at radius 3 is 1.52 bits per heavy atom. The molecule has 2 N–H and O–H groups in total. The molecule has 7 nitrogen and oxygen atoms in total. The normalized spacial score (nSPS) is 14.5. The molecule has 0 saturated carbocycles. The fourth-order valence-corrected chi connectivity index (χ4v) is 6.38. The van der Waals surface area contributed by atoms with Crippen molar-refractivity contribution in [3.63, 3.8) is 0 Å². The summed E-state index contributed by atoms with van der Waals surface area (Å²) in [5.41, 5.74) is 0. The number of nitrogens with one attached hydrogen (secondary N) is 2. The number of nitrogens with zero attached hydrogens (tertiary/aromatic N) is 5. The van der Waals surface area contributed by atoms with E-state index < -0.39 is 0 Å². The molecule has 8 heteroatoms. The van der Waals surface area contributed by atoms with Gasteiger partial charge in [-0.2, -0.15) is 15.0 Å². The molecule has 1 aromatic heterocycles. The highest BCUT2D eigenvalue weighted by Gasteiger charge is 2.13. The van der Waals surface area contributed by atoms with Crippen LogP contribution in [0.25, 0.3) is 0 Å². The van der Waals surface area contributed by atoms with E-state index >= 15 is 0 Å². The summed E-state index contributed by atoms with van der Waals surface area (Å²) < 4.78 is 0. The maximum Gasteiger partial charge on any atom is 0.228 e. The molecule has 0 aromatic carbocycles. The quantitative estimate of drug-likeness (QED) is 0.0725. The molecular formula is C34H67N7S. The van der Waals surface area contributed by atoms with Gasteiger partial charge in [-0.1, -0.05) is 135 Å². The first-order chi connectivity index (χ1) is 20.7.